The number of rotatable bonds is 6. The Morgan fingerprint density at radius 2 is 1.75 bits per heavy atom. The Hall–Kier alpha value is -1.29. The van der Waals surface area contributed by atoms with Gasteiger partial charge < -0.3 is 15.2 Å². The zero-order chi connectivity index (χ0) is 15.6. The van der Waals surface area contributed by atoms with Gasteiger partial charge in [0, 0.05) is 6.54 Å². The smallest absolute Gasteiger partial charge is 0.332 e. The van der Waals surface area contributed by atoms with Gasteiger partial charge in [-0.2, -0.15) is 26.9 Å². The molecule has 0 spiro atoms. The van der Waals surface area contributed by atoms with Gasteiger partial charge in [0.15, 0.2) is 5.82 Å². The van der Waals surface area contributed by atoms with Crippen molar-refractivity contribution in [1.82, 2.24) is 15.0 Å². The molecule has 1 atom stereocenters. The predicted octanol–water partition coefficient (Wildman–Crippen LogP) is 2.07. The van der Waals surface area contributed by atoms with Crippen LogP contribution in [0.1, 0.15) is 31.6 Å². The van der Waals surface area contributed by atoms with Gasteiger partial charge in [0.2, 0.25) is 0 Å². The van der Waals surface area contributed by atoms with Crippen LogP contribution in [0.3, 0.4) is 0 Å². The molecule has 116 valence electrons. The lowest BCUT2D eigenvalue weighted by molar-refractivity contribution is -0.298. The highest BCUT2D eigenvalue weighted by atomic mass is 19.4. The molecule has 0 aromatic carbocycles. The summed E-state index contributed by atoms with van der Waals surface area (Å²) in [4.78, 5) is 4.92. The van der Waals surface area contributed by atoms with Gasteiger partial charge in [-0.05, 0) is 13.1 Å². The Kier molecular flexibility index (Phi) is 5.03. The number of halogens is 5. The lowest BCUT2D eigenvalue weighted by Crippen LogP contribution is -2.34. The van der Waals surface area contributed by atoms with Crippen molar-refractivity contribution in [3.63, 3.8) is 0 Å². The highest BCUT2D eigenvalue weighted by molar-refractivity contribution is 5.01. The van der Waals surface area contributed by atoms with Crippen LogP contribution in [-0.4, -0.2) is 40.9 Å². The number of aromatic nitrogens is 2. The van der Waals surface area contributed by atoms with Crippen LogP contribution in [0.15, 0.2) is 4.52 Å². The second kappa shape index (κ2) is 6.00. The molecule has 1 rings (SSSR count). The maximum Gasteiger partial charge on any atom is 0.463 e. The van der Waals surface area contributed by atoms with E-state index in [2.05, 4.69) is 14.7 Å². The number of hydrogen-bond donors (Lipinski definition) is 1. The Morgan fingerprint density at radius 1 is 1.20 bits per heavy atom. The summed E-state index contributed by atoms with van der Waals surface area (Å²) in [7, 11) is 0. The third kappa shape index (κ3) is 3.42. The third-order valence-electron chi connectivity index (χ3n) is 2.75. The lowest BCUT2D eigenvalue weighted by Gasteiger charge is -2.20. The van der Waals surface area contributed by atoms with E-state index in [0.717, 1.165) is 0 Å². The van der Waals surface area contributed by atoms with Crippen LogP contribution >= 0.6 is 0 Å². The Bertz CT molecular complexity index is 430. The van der Waals surface area contributed by atoms with Gasteiger partial charge in [-0.3, -0.25) is 0 Å². The Labute approximate surface area is 111 Å². The normalized spacial score (nSPS) is 14.8. The molecule has 20 heavy (non-hydrogen) atoms. The average molecular weight is 302 g/mol. The van der Waals surface area contributed by atoms with Crippen LogP contribution in [0.2, 0.25) is 0 Å². The lowest BCUT2D eigenvalue weighted by atomic mass is 10.2. The van der Waals surface area contributed by atoms with Crippen LogP contribution in [0.5, 0.6) is 0 Å². The molecule has 1 unspecified atom stereocenters. The summed E-state index contributed by atoms with van der Waals surface area (Å²) in [6.45, 7) is 5.23. The largest absolute Gasteiger partial charge is 0.463 e. The van der Waals surface area contributed by atoms with Crippen LogP contribution in [0, 0.1) is 0 Å². The Balaban J connectivity index is 2.87. The summed E-state index contributed by atoms with van der Waals surface area (Å²) in [5.74, 6) is -7.36. The molecular weight excluding hydrogens is 287 g/mol. The van der Waals surface area contributed by atoms with E-state index in [4.69, 9.17) is 5.73 Å². The van der Waals surface area contributed by atoms with E-state index in [1.54, 1.807) is 0 Å². The van der Waals surface area contributed by atoms with E-state index in [9.17, 15) is 22.0 Å². The summed E-state index contributed by atoms with van der Waals surface area (Å²) in [5, 5.41) is 3.10. The van der Waals surface area contributed by atoms with E-state index < -0.39 is 24.0 Å². The van der Waals surface area contributed by atoms with Crippen molar-refractivity contribution in [3.8, 4) is 0 Å². The fraction of sp³-hybridized carbons (Fsp3) is 0.800. The molecule has 0 amide bonds. The first-order valence-electron chi connectivity index (χ1n) is 5.90. The summed E-state index contributed by atoms with van der Waals surface area (Å²) < 4.78 is 66.3. The van der Waals surface area contributed by atoms with Crippen molar-refractivity contribution in [1.29, 1.82) is 0 Å². The minimum Gasteiger partial charge on any atom is -0.332 e. The number of hydrogen-bond acceptors (Lipinski definition) is 5. The molecule has 0 aliphatic rings. The predicted molar refractivity (Wildman–Crippen MR) is 59.0 cm³/mol. The van der Waals surface area contributed by atoms with Crippen molar-refractivity contribution in [3.05, 3.63) is 11.7 Å². The van der Waals surface area contributed by atoms with Gasteiger partial charge >= 0.3 is 18.0 Å². The van der Waals surface area contributed by atoms with E-state index >= 15 is 0 Å². The first kappa shape index (κ1) is 16.8. The summed E-state index contributed by atoms with van der Waals surface area (Å²) in [6, 6.07) is -0.906. The first-order valence-corrected chi connectivity index (χ1v) is 5.90. The molecule has 0 fully saturated rings. The van der Waals surface area contributed by atoms with Gasteiger partial charge in [-0.25, -0.2) is 0 Å². The molecule has 0 aliphatic heterocycles. The fourth-order valence-electron chi connectivity index (χ4n) is 1.48. The molecule has 2 N–H and O–H groups in total. The average Bonchev–Trinajstić information content (AvgIpc) is 2.84. The van der Waals surface area contributed by atoms with E-state index in [1.807, 2.05) is 18.7 Å². The van der Waals surface area contributed by atoms with Gasteiger partial charge in [-0.15, -0.1) is 0 Å². The fourth-order valence-corrected chi connectivity index (χ4v) is 1.48. The summed E-state index contributed by atoms with van der Waals surface area (Å²) in [5.41, 5.74) is 5.66. The van der Waals surface area contributed by atoms with E-state index in [0.29, 0.717) is 13.1 Å². The molecule has 1 aromatic heterocycles. The van der Waals surface area contributed by atoms with Crippen LogP contribution in [0.4, 0.5) is 22.0 Å². The molecule has 10 heteroatoms. The van der Waals surface area contributed by atoms with Gasteiger partial charge in [0.25, 0.3) is 0 Å². The highest BCUT2D eigenvalue weighted by Crippen LogP contribution is 2.43. The van der Waals surface area contributed by atoms with Gasteiger partial charge in [-0.1, -0.05) is 19.0 Å². The number of likely N-dealkylation sites (N-methyl/N-ethyl adjacent to an activating group) is 1. The van der Waals surface area contributed by atoms with Gasteiger partial charge in [0.05, 0.1) is 6.04 Å². The third-order valence-corrected chi connectivity index (χ3v) is 2.75. The first-order chi connectivity index (χ1) is 9.13. The molecule has 0 bridgehead atoms. The van der Waals surface area contributed by atoms with Gasteiger partial charge in [0.1, 0.15) is 0 Å². The molecule has 1 aromatic rings. The topological polar surface area (TPSA) is 68.2 Å². The molecule has 5 nitrogen and oxygen atoms in total. The van der Waals surface area contributed by atoms with E-state index in [-0.39, 0.29) is 12.4 Å². The second-order valence-corrected chi connectivity index (χ2v) is 4.12. The monoisotopic (exact) mass is 302 g/mol. The molecule has 0 saturated heterocycles. The van der Waals surface area contributed by atoms with Crippen LogP contribution in [0.25, 0.3) is 0 Å². The summed E-state index contributed by atoms with van der Waals surface area (Å²) in [6.07, 6.45) is -5.79. The molecule has 0 saturated carbocycles. The SMILES string of the molecule is CCN(CC)CC(N)c1noc(C(F)(F)C(F)(F)F)n1. The van der Waals surface area contributed by atoms with Crippen molar-refractivity contribution in [2.45, 2.75) is 32.0 Å². The van der Waals surface area contributed by atoms with E-state index in [1.165, 1.54) is 0 Å². The highest BCUT2D eigenvalue weighted by Gasteiger charge is 2.63. The zero-order valence-electron chi connectivity index (χ0n) is 10.9. The Morgan fingerprint density at radius 3 is 2.20 bits per heavy atom. The van der Waals surface area contributed by atoms with Crippen LogP contribution < -0.4 is 5.73 Å². The standard InChI is InChI=1S/C10H15F5N4O/c1-3-19(4-2)5-6(16)7-17-8(20-18-7)9(11,12)10(13,14)15/h6H,3-5,16H2,1-2H3. The quantitative estimate of drug-likeness (QED) is 0.815. The molecule has 0 aliphatic carbocycles. The summed E-state index contributed by atoms with van der Waals surface area (Å²) >= 11 is 0. The maximum absolute atomic E-state index is 13.0. The molecule has 0 radical (unpaired) electrons. The van der Waals surface area contributed by atoms with Crippen molar-refractivity contribution >= 4 is 0 Å². The van der Waals surface area contributed by atoms with Crippen molar-refractivity contribution < 1.29 is 26.5 Å². The number of nitrogens with zero attached hydrogens (tertiary/aromatic N) is 3. The second-order valence-electron chi connectivity index (χ2n) is 4.12. The maximum atomic E-state index is 13.0. The molecular formula is C10H15F5N4O. The van der Waals surface area contributed by atoms with Crippen molar-refractivity contribution in [2.24, 2.45) is 5.73 Å². The number of nitrogens with two attached hydrogens (primary N) is 1. The van der Waals surface area contributed by atoms with Crippen LogP contribution in [-0.2, 0) is 5.92 Å². The molecule has 1 heterocycles. The van der Waals surface area contributed by atoms with Crippen molar-refractivity contribution in [2.75, 3.05) is 19.6 Å². The minimum absolute atomic E-state index is 0.226. The zero-order valence-corrected chi connectivity index (χ0v) is 10.9. The number of alkyl halides is 5. The minimum atomic E-state index is -5.79.